The molecule has 0 bridgehead atoms. The number of unbranched alkanes of at least 4 members (excludes halogenated alkanes) is 19. The van der Waals surface area contributed by atoms with Gasteiger partial charge in [0, 0.05) is 13.0 Å². The van der Waals surface area contributed by atoms with Crippen LogP contribution in [0.5, 0.6) is 5.75 Å². The first-order chi connectivity index (χ1) is 20.3. The minimum atomic E-state index is -0.798. The molecule has 0 radical (unpaired) electrons. The average molecular weight is 605 g/mol. The highest BCUT2D eigenvalue weighted by Gasteiger charge is 2.26. The Morgan fingerprint density at radius 3 is 1.14 bits per heavy atom. The zero-order valence-corrected chi connectivity index (χ0v) is 29.7. The summed E-state index contributed by atoms with van der Waals surface area (Å²) in [5.74, 6) is -0.461. The minimum Gasteiger partial charge on any atom is -0.507 e. The Balaban J connectivity index is 0.000000827. The molecule has 1 aromatic rings. The molecule has 0 spiro atoms. The number of aliphatic hydroxyl groups excluding tert-OH is 1. The average Bonchev–Trinajstić information content (AvgIpc) is 2.92. The molecule has 4 nitrogen and oxygen atoms in total. The van der Waals surface area contributed by atoms with E-state index in [1.165, 1.54) is 122 Å². The van der Waals surface area contributed by atoms with Gasteiger partial charge in [-0.25, -0.2) is 0 Å². The summed E-state index contributed by atoms with van der Waals surface area (Å²) < 4.78 is 0. The zero-order chi connectivity index (χ0) is 32.6. The van der Waals surface area contributed by atoms with Crippen molar-refractivity contribution in [3.63, 3.8) is 0 Å². The molecule has 0 amide bonds. The largest absolute Gasteiger partial charge is 0.507 e. The Labute approximate surface area is 267 Å². The van der Waals surface area contributed by atoms with E-state index in [-0.39, 0.29) is 17.3 Å². The van der Waals surface area contributed by atoms with Crippen LogP contribution >= 0.6 is 0 Å². The fourth-order valence-electron chi connectivity index (χ4n) is 5.60. The van der Waals surface area contributed by atoms with E-state index >= 15 is 0 Å². The van der Waals surface area contributed by atoms with Crippen LogP contribution in [0.2, 0.25) is 0 Å². The number of hydrogen-bond acceptors (Lipinski definition) is 3. The normalized spacial score (nSPS) is 11.8. The predicted molar refractivity (Wildman–Crippen MR) is 187 cm³/mol. The van der Waals surface area contributed by atoms with Crippen LogP contribution in [0.25, 0.3) is 0 Å². The zero-order valence-electron chi connectivity index (χ0n) is 29.7. The van der Waals surface area contributed by atoms with Gasteiger partial charge in [-0.05, 0) is 40.4 Å². The van der Waals surface area contributed by atoms with E-state index < -0.39 is 5.97 Å². The van der Waals surface area contributed by atoms with Gasteiger partial charge in [-0.2, -0.15) is 0 Å². The monoisotopic (exact) mass is 605 g/mol. The molecule has 4 heteroatoms. The third kappa shape index (κ3) is 22.6. The lowest BCUT2D eigenvalue weighted by atomic mass is 9.78. The summed E-state index contributed by atoms with van der Waals surface area (Å²) in [5.41, 5.74) is 2.38. The van der Waals surface area contributed by atoms with Crippen LogP contribution in [0.3, 0.4) is 0 Å². The lowest BCUT2D eigenvalue weighted by molar-refractivity contribution is -0.136. The van der Waals surface area contributed by atoms with E-state index in [1.807, 2.05) is 12.1 Å². The molecule has 252 valence electrons. The quantitative estimate of drug-likeness (QED) is 0.109. The molecule has 0 unspecified atom stereocenters. The molecule has 0 saturated heterocycles. The van der Waals surface area contributed by atoms with Crippen LogP contribution in [-0.2, 0) is 22.0 Å². The van der Waals surface area contributed by atoms with Gasteiger partial charge in [0.25, 0.3) is 0 Å². The molecular formula is C39H72O4. The van der Waals surface area contributed by atoms with Crippen molar-refractivity contribution in [1.29, 1.82) is 0 Å². The number of rotatable bonds is 23. The molecule has 0 aromatic heterocycles. The molecule has 0 fully saturated rings. The lowest BCUT2D eigenvalue weighted by Gasteiger charge is -2.28. The number of phenols is 1. The number of phenolic OH excluding ortho intramolecular Hbond substituents is 1. The number of carboxylic acid groups (broad SMARTS) is 1. The van der Waals surface area contributed by atoms with E-state index in [1.54, 1.807) is 0 Å². The van der Waals surface area contributed by atoms with E-state index in [0.717, 1.165) is 23.1 Å². The Morgan fingerprint density at radius 1 is 0.581 bits per heavy atom. The minimum absolute atomic E-state index is 0.109. The number of aryl methyl sites for hydroxylation is 1. The van der Waals surface area contributed by atoms with Crippen molar-refractivity contribution in [3.8, 4) is 5.75 Å². The SMILES string of the molecule is CC(C)(C)c1cc(CCC(=O)O)cc(C(C)(C)C)c1O.CCCCCCCCCCCCCCCCCCCCCCO. The van der Waals surface area contributed by atoms with Crippen molar-refractivity contribution in [3.05, 3.63) is 28.8 Å². The van der Waals surface area contributed by atoms with E-state index in [0.29, 0.717) is 18.8 Å². The first-order valence-corrected chi connectivity index (χ1v) is 18.0. The molecule has 0 aliphatic carbocycles. The van der Waals surface area contributed by atoms with Crippen LogP contribution in [0.4, 0.5) is 0 Å². The summed E-state index contributed by atoms with van der Waals surface area (Å²) in [6, 6.07) is 3.88. The van der Waals surface area contributed by atoms with E-state index in [4.69, 9.17) is 10.2 Å². The standard InChI is InChI=1S/C22H46O.C17H26O3/c1-2-3-4-5-6-7-8-9-10-11-12-13-14-15-16-17-18-19-20-21-22-23;1-16(2,3)12-9-11(7-8-14(18)19)10-13(15(12)20)17(4,5)6/h23H,2-22H2,1H3;9-10,20H,7-8H2,1-6H3,(H,18,19). The molecule has 1 aromatic carbocycles. The van der Waals surface area contributed by atoms with Crippen LogP contribution in [0, 0.1) is 0 Å². The van der Waals surface area contributed by atoms with Crippen LogP contribution < -0.4 is 0 Å². The van der Waals surface area contributed by atoms with Crippen molar-refractivity contribution in [2.24, 2.45) is 0 Å². The van der Waals surface area contributed by atoms with Crippen molar-refractivity contribution >= 4 is 5.97 Å². The predicted octanol–water partition coefficient (Wildman–Crippen LogP) is 11.8. The molecular weight excluding hydrogens is 532 g/mol. The second-order valence-electron chi connectivity index (χ2n) is 14.9. The molecule has 1 rings (SSSR count). The summed E-state index contributed by atoms with van der Waals surface area (Å²) in [7, 11) is 0. The summed E-state index contributed by atoms with van der Waals surface area (Å²) in [6.07, 6.45) is 28.7. The molecule has 0 saturated carbocycles. The van der Waals surface area contributed by atoms with Crippen molar-refractivity contribution < 1.29 is 20.1 Å². The summed E-state index contributed by atoms with van der Waals surface area (Å²) in [5, 5.41) is 28.1. The van der Waals surface area contributed by atoms with Gasteiger partial charge < -0.3 is 15.3 Å². The molecule has 0 heterocycles. The number of aromatic hydroxyl groups is 1. The number of aliphatic carboxylic acids is 1. The Hall–Kier alpha value is -1.55. The van der Waals surface area contributed by atoms with Crippen molar-refractivity contribution in [2.45, 2.75) is 201 Å². The van der Waals surface area contributed by atoms with Gasteiger partial charge in [0.1, 0.15) is 5.75 Å². The fraction of sp³-hybridized carbons (Fsp3) is 0.821. The topological polar surface area (TPSA) is 77.8 Å². The van der Waals surface area contributed by atoms with Gasteiger partial charge in [-0.15, -0.1) is 0 Å². The van der Waals surface area contributed by atoms with Crippen LogP contribution in [0.1, 0.15) is 200 Å². The first kappa shape index (κ1) is 41.4. The Morgan fingerprint density at radius 2 is 0.884 bits per heavy atom. The maximum Gasteiger partial charge on any atom is 0.303 e. The maximum atomic E-state index is 10.8. The molecule has 0 atom stereocenters. The van der Waals surface area contributed by atoms with Gasteiger partial charge in [0.15, 0.2) is 0 Å². The molecule has 0 aliphatic rings. The van der Waals surface area contributed by atoms with Gasteiger partial charge in [-0.3, -0.25) is 4.79 Å². The summed E-state index contributed by atoms with van der Waals surface area (Å²) in [4.78, 5) is 10.8. The van der Waals surface area contributed by atoms with Crippen LogP contribution in [0.15, 0.2) is 12.1 Å². The molecule has 3 N–H and O–H groups in total. The smallest absolute Gasteiger partial charge is 0.303 e. The van der Waals surface area contributed by atoms with Gasteiger partial charge in [0.05, 0.1) is 0 Å². The molecule has 0 aliphatic heterocycles. The third-order valence-electron chi connectivity index (χ3n) is 8.42. The highest BCUT2D eigenvalue weighted by molar-refractivity contribution is 5.67. The Bertz CT molecular complexity index is 761. The second kappa shape index (κ2) is 24.7. The highest BCUT2D eigenvalue weighted by Crippen LogP contribution is 2.40. The van der Waals surface area contributed by atoms with Crippen molar-refractivity contribution in [2.75, 3.05) is 6.61 Å². The second-order valence-corrected chi connectivity index (χ2v) is 14.9. The van der Waals surface area contributed by atoms with Gasteiger partial charge in [-0.1, -0.05) is 183 Å². The van der Waals surface area contributed by atoms with E-state index in [2.05, 4.69) is 48.5 Å². The number of hydrogen-bond donors (Lipinski definition) is 3. The first-order valence-electron chi connectivity index (χ1n) is 18.0. The molecule has 43 heavy (non-hydrogen) atoms. The summed E-state index contributed by atoms with van der Waals surface area (Å²) >= 11 is 0. The number of benzene rings is 1. The highest BCUT2D eigenvalue weighted by atomic mass is 16.4. The number of carbonyl (C=O) groups is 1. The van der Waals surface area contributed by atoms with E-state index in [9.17, 15) is 9.90 Å². The Kier molecular flexibility index (Phi) is 23.8. The summed E-state index contributed by atoms with van der Waals surface area (Å²) in [6.45, 7) is 15.0. The maximum absolute atomic E-state index is 10.8. The van der Waals surface area contributed by atoms with Crippen molar-refractivity contribution in [1.82, 2.24) is 0 Å². The fourth-order valence-corrected chi connectivity index (χ4v) is 5.60. The number of carboxylic acids is 1. The number of aliphatic hydroxyl groups is 1. The van der Waals surface area contributed by atoms with Gasteiger partial charge in [0.2, 0.25) is 0 Å². The van der Waals surface area contributed by atoms with Gasteiger partial charge >= 0.3 is 5.97 Å². The third-order valence-corrected chi connectivity index (χ3v) is 8.42. The lowest BCUT2D eigenvalue weighted by Crippen LogP contribution is -2.18. The van der Waals surface area contributed by atoms with Crippen LogP contribution in [-0.4, -0.2) is 27.9 Å².